The largest absolute Gasteiger partial charge is 0.497 e. The first-order chi connectivity index (χ1) is 12.7. The summed E-state index contributed by atoms with van der Waals surface area (Å²) in [6.45, 7) is 4.32. The Morgan fingerprint density at radius 3 is 2.19 bits per heavy atom. The zero-order valence-corrected chi connectivity index (χ0v) is 15.5. The summed E-state index contributed by atoms with van der Waals surface area (Å²) in [5.74, 6) is 2.25. The second kappa shape index (κ2) is 6.87. The minimum atomic E-state index is 0.0660. The molecule has 4 rings (SSSR count). The standard InChI is InChI=1S/C24H24O2/c1-16-9-10-17(2)24-23(16)21(18-11-13-20(25-3)14-12-18)15-22(26-24)19-7-5-4-6-8-19/h4-14,21-22H,15H2,1-3H3/t21-,22-/m0/s1. The predicted molar refractivity (Wildman–Crippen MR) is 105 cm³/mol. The van der Waals surface area contributed by atoms with E-state index in [2.05, 4.69) is 68.4 Å². The number of methoxy groups -OCH3 is 1. The van der Waals surface area contributed by atoms with Gasteiger partial charge < -0.3 is 9.47 Å². The Kier molecular flexibility index (Phi) is 4.42. The molecule has 0 unspecified atom stereocenters. The first kappa shape index (κ1) is 16.7. The van der Waals surface area contributed by atoms with Crippen LogP contribution in [-0.4, -0.2) is 7.11 Å². The van der Waals surface area contributed by atoms with Crippen LogP contribution in [0.2, 0.25) is 0 Å². The maximum Gasteiger partial charge on any atom is 0.127 e. The van der Waals surface area contributed by atoms with Crippen molar-refractivity contribution in [2.24, 2.45) is 0 Å². The highest BCUT2D eigenvalue weighted by Gasteiger charge is 2.32. The van der Waals surface area contributed by atoms with Crippen LogP contribution in [0.1, 0.15) is 46.3 Å². The maximum absolute atomic E-state index is 6.50. The fraction of sp³-hybridized carbons (Fsp3) is 0.250. The lowest BCUT2D eigenvalue weighted by atomic mass is 9.80. The Labute approximate surface area is 155 Å². The van der Waals surface area contributed by atoms with E-state index in [0.717, 1.165) is 17.9 Å². The molecule has 132 valence electrons. The molecule has 0 radical (unpaired) electrons. The Bertz CT molecular complexity index is 897. The zero-order valence-electron chi connectivity index (χ0n) is 15.5. The van der Waals surface area contributed by atoms with Crippen molar-refractivity contribution >= 4 is 0 Å². The number of aryl methyl sites for hydroxylation is 2. The third-order valence-corrected chi connectivity index (χ3v) is 5.36. The highest BCUT2D eigenvalue weighted by Crippen LogP contribution is 2.48. The lowest BCUT2D eigenvalue weighted by molar-refractivity contribution is 0.166. The first-order valence-electron chi connectivity index (χ1n) is 9.13. The average Bonchev–Trinajstić information content (AvgIpc) is 2.71. The molecule has 0 spiro atoms. The van der Waals surface area contributed by atoms with Gasteiger partial charge in [0.2, 0.25) is 0 Å². The van der Waals surface area contributed by atoms with Gasteiger partial charge in [-0.1, -0.05) is 54.6 Å². The molecule has 0 bridgehead atoms. The summed E-state index contributed by atoms with van der Waals surface area (Å²) in [5.41, 5.74) is 6.35. The van der Waals surface area contributed by atoms with E-state index in [0.29, 0.717) is 5.92 Å². The molecule has 0 aliphatic carbocycles. The molecule has 2 heteroatoms. The minimum Gasteiger partial charge on any atom is -0.497 e. The van der Waals surface area contributed by atoms with E-state index in [4.69, 9.17) is 9.47 Å². The molecule has 0 fully saturated rings. The van der Waals surface area contributed by atoms with E-state index >= 15 is 0 Å². The fourth-order valence-electron chi connectivity index (χ4n) is 3.93. The predicted octanol–water partition coefficient (Wildman–Crippen LogP) is 5.97. The summed E-state index contributed by atoms with van der Waals surface area (Å²) in [4.78, 5) is 0. The molecule has 2 atom stereocenters. The van der Waals surface area contributed by atoms with Crippen LogP contribution in [0.4, 0.5) is 0 Å². The molecule has 1 heterocycles. The molecule has 2 nitrogen and oxygen atoms in total. The molecule has 3 aromatic carbocycles. The summed E-state index contributed by atoms with van der Waals surface area (Å²) in [6, 6.07) is 23.4. The van der Waals surface area contributed by atoms with Gasteiger partial charge in [-0.15, -0.1) is 0 Å². The Balaban J connectivity index is 1.82. The maximum atomic E-state index is 6.50. The van der Waals surface area contributed by atoms with Crippen LogP contribution in [-0.2, 0) is 0 Å². The highest BCUT2D eigenvalue weighted by molar-refractivity contribution is 5.53. The van der Waals surface area contributed by atoms with Gasteiger partial charge >= 0.3 is 0 Å². The van der Waals surface area contributed by atoms with Gasteiger partial charge in [0.1, 0.15) is 17.6 Å². The molecule has 0 aromatic heterocycles. The van der Waals surface area contributed by atoms with Crippen LogP contribution >= 0.6 is 0 Å². The second-order valence-corrected chi connectivity index (χ2v) is 7.02. The normalized spacial score (nSPS) is 18.7. The van der Waals surface area contributed by atoms with Gasteiger partial charge in [-0.05, 0) is 54.7 Å². The lowest BCUT2D eigenvalue weighted by Crippen LogP contribution is -2.21. The summed E-state index contributed by atoms with van der Waals surface area (Å²) in [5, 5.41) is 0. The molecule has 0 saturated carbocycles. The number of hydrogen-bond donors (Lipinski definition) is 0. The molecule has 0 saturated heterocycles. The van der Waals surface area contributed by atoms with Gasteiger partial charge in [-0.25, -0.2) is 0 Å². The van der Waals surface area contributed by atoms with E-state index in [9.17, 15) is 0 Å². The molecular weight excluding hydrogens is 320 g/mol. The summed E-state index contributed by atoms with van der Waals surface area (Å²) < 4.78 is 11.8. The number of benzene rings is 3. The smallest absolute Gasteiger partial charge is 0.127 e. The SMILES string of the molecule is COc1ccc([C@@H]2C[C@@H](c3ccccc3)Oc3c(C)ccc(C)c32)cc1. The summed E-state index contributed by atoms with van der Waals surface area (Å²) in [7, 11) is 1.71. The van der Waals surface area contributed by atoms with E-state index in [1.165, 1.54) is 27.8 Å². The van der Waals surface area contributed by atoms with Crippen molar-refractivity contribution in [2.75, 3.05) is 7.11 Å². The van der Waals surface area contributed by atoms with E-state index in [1.807, 2.05) is 12.1 Å². The lowest BCUT2D eigenvalue weighted by Gasteiger charge is -2.35. The van der Waals surface area contributed by atoms with E-state index in [1.54, 1.807) is 7.11 Å². The van der Waals surface area contributed by atoms with Gasteiger partial charge in [0.05, 0.1) is 7.11 Å². The third kappa shape index (κ3) is 2.96. The van der Waals surface area contributed by atoms with Crippen molar-refractivity contribution in [1.29, 1.82) is 0 Å². The minimum absolute atomic E-state index is 0.0660. The van der Waals surface area contributed by atoms with Crippen molar-refractivity contribution < 1.29 is 9.47 Å². The number of rotatable bonds is 3. The Morgan fingerprint density at radius 1 is 0.808 bits per heavy atom. The van der Waals surface area contributed by atoms with Crippen LogP contribution in [0.15, 0.2) is 66.7 Å². The van der Waals surface area contributed by atoms with Gasteiger partial charge in [0.15, 0.2) is 0 Å². The van der Waals surface area contributed by atoms with Crippen molar-refractivity contribution in [3.8, 4) is 11.5 Å². The van der Waals surface area contributed by atoms with Crippen LogP contribution < -0.4 is 9.47 Å². The monoisotopic (exact) mass is 344 g/mol. The quantitative estimate of drug-likeness (QED) is 0.583. The second-order valence-electron chi connectivity index (χ2n) is 7.02. The van der Waals surface area contributed by atoms with Gasteiger partial charge in [0, 0.05) is 11.5 Å². The summed E-state index contributed by atoms with van der Waals surface area (Å²) >= 11 is 0. The van der Waals surface area contributed by atoms with Crippen molar-refractivity contribution in [3.05, 3.63) is 94.5 Å². The van der Waals surface area contributed by atoms with Crippen LogP contribution in [0.25, 0.3) is 0 Å². The Hall–Kier alpha value is -2.74. The third-order valence-electron chi connectivity index (χ3n) is 5.36. The highest BCUT2D eigenvalue weighted by atomic mass is 16.5. The van der Waals surface area contributed by atoms with E-state index in [-0.39, 0.29) is 6.10 Å². The average molecular weight is 344 g/mol. The molecular formula is C24H24O2. The zero-order chi connectivity index (χ0) is 18.1. The fourth-order valence-corrected chi connectivity index (χ4v) is 3.93. The molecule has 0 amide bonds. The van der Waals surface area contributed by atoms with Gasteiger partial charge in [-0.3, -0.25) is 0 Å². The Morgan fingerprint density at radius 2 is 1.50 bits per heavy atom. The topological polar surface area (TPSA) is 18.5 Å². The molecule has 0 N–H and O–H groups in total. The molecule has 1 aliphatic heterocycles. The van der Waals surface area contributed by atoms with Crippen LogP contribution in [0.3, 0.4) is 0 Å². The number of ether oxygens (including phenoxy) is 2. The first-order valence-corrected chi connectivity index (χ1v) is 9.13. The van der Waals surface area contributed by atoms with Gasteiger partial charge in [-0.2, -0.15) is 0 Å². The van der Waals surface area contributed by atoms with Crippen LogP contribution in [0, 0.1) is 13.8 Å². The van der Waals surface area contributed by atoms with E-state index < -0.39 is 0 Å². The summed E-state index contributed by atoms with van der Waals surface area (Å²) in [6.07, 6.45) is 1.00. The van der Waals surface area contributed by atoms with Crippen molar-refractivity contribution in [3.63, 3.8) is 0 Å². The number of hydrogen-bond acceptors (Lipinski definition) is 2. The van der Waals surface area contributed by atoms with Gasteiger partial charge in [0.25, 0.3) is 0 Å². The van der Waals surface area contributed by atoms with Crippen molar-refractivity contribution in [1.82, 2.24) is 0 Å². The molecule has 26 heavy (non-hydrogen) atoms. The molecule has 1 aliphatic rings. The van der Waals surface area contributed by atoms with Crippen LogP contribution in [0.5, 0.6) is 11.5 Å². The van der Waals surface area contributed by atoms with Crippen molar-refractivity contribution in [2.45, 2.75) is 32.3 Å². The molecule has 3 aromatic rings. The number of fused-ring (bicyclic) bond motifs is 1.